The average Bonchev–Trinajstić information content (AvgIpc) is 3.19. The van der Waals surface area contributed by atoms with E-state index in [0.717, 1.165) is 11.5 Å². The second kappa shape index (κ2) is 7.12. The van der Waals surface area contributed by atoms with Crippen LogP contribution >= 0.6 is 0 Å². The van der Waals surface area contributed by atoms with Crippen molar-refractivity contribution in [1.29, 1.82) is 0 Å². The summed E-state index contributed by atoms with van der Waals surface area (Å²) in [5.41, 5.74) is 1.42. The van der Waals surface area contributed by atoms with Crippen LogP contribution in [0.15, 0.2) is 36.9 Å². The van der Waals surface area contributed by atoms with Gasteiger partial charge >= 0.3 is 6.03 Å². The van der Waals surface area contributed by atoms with E-state index in [-0.39, 0.29) is 24.9 Å². The monoisotopic (exact) mass is 343 g/mol. The number of carbonyl (C=O) groups is 1. The number of amides is 2. The lowest BCUT2D eigenvalue weighted by Gasteiger charge is -2.13. The fourth-order valence-corrected chi connectivity index (χ4v) is 2.44. The number of carbonyl (C=O) groups excluding carboxylic acids is 1. The first-order chi connectivity index (χ1) is 12.0. The molecule has 0 saturated heterocycles. The van der Waals surface area contributed by atoms with Crippen molar-refractivity contribution in [2.45, 2.75) is 20.0 Å². The Morgan fingerprint density at radius 1 is 1.24 bits per heavy atom. The molecule has 0 aliphatic rings. The summed E-state index contributed by atoms with van der Waals surface area (Å²) in [6, 6.07) is 4.07. The number of rotatable bonds is 5. The van der Waals surface area contributed by atoms with Crippen LogP contribution < -0.4 is 10.6 Å². The molecule has 0 atom stereocenters. The van der Waals surface area contributed by atoms with Crippen LogP contribution in [-0.4, -0.2) is 30.3 Å². The summed E-state index contributed by atoms with van der Waals surface area (Å²) in [5.74, 6) is 1.05. The zero-order chi connectivity index (χ0) is 17.8. The summed E-state index contributed by atoms with van der Waals surface area (Å²) in [6.07, 6.45) is 4.88. The lowest BCUT2D eigenvalue weighted by atomic mass is 10.1. The standard InChI is InChI=1S/C16H18FN7O/c1-11-18-5-6-24(11)14-4-3-13(17)7-12(14)8-19-16(25)20-9-15-21-10-22-23(15)2/h3-7,10H,8-9H2,1-2H3,(H2,19,20,25). The van der Waals surface area contributed by atoms with E-state index in [1.165, 1.54) is 18.5 Å². The first kappa shape index (κ1) is 16.6. The van der Waals surface area contributed by atoms with Crippen molar-refractivity contribution >= 4 is 6.03 Å². The fraction of sp³-hybridized carbons (Fsp3) is 0.250. The first-order valence-electron chi connectivity index (χ1n) is 7.68. The second-order valence-electron chi connectivity index (χ2n) is 5.45. The lowest BCUT2D eigenvalue weighted by Crippen LogP contribution is -2.35. The van der Waals surface area contributed by atoms with Crippen molar-refractivity contribution in [3.8, 4) is 5.69 Å². The Kier molecular flexibility index (Phi) is 4.73. The van der Waals surface area contributed by atoms with Gasteiger partial charge in [0.1, 0.15) is 23.8 Å². The van der Waals surface area contributed by atoms with Gasteiger partial charge in [0, 0.05) is 26.0 Å². The van der Waals surface area contributed by atoms with Gasteiger partial charge < -0.3 is 15.2 Å². The molecular formula is C16H18FN7O. The minimum absolute atomic E-state index is 0.176. The molecular weight excluding hydrogens is 325 g/mol. The molecule has 2 aromatic heterocycles. The molecule has 3 aromatic rings. The summed E-state index contributed by atoms with van der Waals surface area (Å²) >= 11 is 0. The van der Waals surface area contributed by atoms with E-state index in [0.29, 0.717) is 11.4 Å². The maximum absolute atomic E-state index is 13.6. The Morgan fingerprint density at radius 2 is 2.04 bits per heavy atom. The van der Waals surface area contributed by atoms with Crippen LogP contribution in [0.5, 0.6) is 0 Å². The molecule has 0 spiro atoms. The molecule has 0 bridgehead atoms. The van der Waals surface area contributed by atoms with Crippen molar-refractivity contribution in [2.24, 2.45) is 7.05 Å². The molecule has 0 aliphatic heterocycles. The predicted molar refractivity (Wildman–Crippen MR) is 88.3 cm³/mol. The first-order valence-corrected chi connectivity index (χ1v) is 7.68. The molecule has 9 heteroatoms. The topological polar surface area (TPSA) is 89.7 Å². The third-order valence-electron chi connectivity index (χ3n) is 3.78. The van der Waals surface area contributed by atoms with Crippen molar-refractivity contribution in [2.75, 3.05) is 0 Å². The van der Waals surface area contributed by atoms with Crippen molar-refractivity contribution in [1.82, 2.24) is 34.9 Å². The van der Waals surface area contributed by atoms with Crippen LogP contribution in [0, 0.1) is 12.7 Å². The molecule has 0 unspecified atom stereocenters. The highest BCUT2D eigenvalue weighted by Crippen LogP contribution is 2.17. The Morgan fingerprint density at radius 3 is 2.72 bits per heavy atom. The summed E-state index contributed by atoms with van der Waals surface area (Å²) in [4.78, 5) is 20.2. The van der Waals surface area contributed by atoms with Gasteiger partial charge in [-0.05, 0) is 30.7 Å². The van der Waals surface area contributed by atoms with Gasteiger partial charge in [-0.3, -0.25) is 4.68 Å². The molecule has 0 radical (unpaired) electrons. The van der Waals surface area contributed by atoms with Gasteiger partial charge in [-0.25, -0.2) is 19.2 Å². The summed E-state index contributed by atoms with van der Waals surface area (Å²) in [6.45, 7) is 2.28. The van der Waals surface area contributed by atoms with Gasteiger partial charge in [-0.2, -0.15) is 5.10 Å². The lowest BCUT2D eigenvalue weighted by molar-refractivity contribution is 0.239. The van der Waals surface area contributed by atoms with Gasteiger partial charge in [0.25, 0.3) is 0 Å². The quantitative estimate of drug-likeness (QED) is 0.734. The highest BCUT2D eigenvalue weighted by atomic mass is 19.1. The van der Waals surface area contributed by atoms with E-state index in [2.05, 4.69) is 25.7 Å². The maximum Gasteiger partial charge on any atom is 0.315 e. The number of nitrogens with zero attached hydrogens (tertiary/aromatic N) is 5. The Labute approximate surface area is 143 Å². The van der Waals surface area contributed by atoms with Crippen LogP contribution in [0.4, 0.5) is 9.18 Å². The van der Waals surface area contributed by atoms with Crippen molar-refractivity contribution in [3.05, 3.63) is 59.9 Å². The SMILES string of the molecule is Cc1nccn1-c1ccc(F)cc1CNC(=O)NCc1ncnn1C. The smallest absolute Gasteiger partial charge is 0.315 e. The number of hydrogen-bond acceptors (Lipinski definition) is 4. The van der Waals surface area contributed by atoms with E-state index in [4.69, 9.17) is 0 Å². The third kappa shape index (κ3) is 3.82. The molecule has 8 nitrogen and oxygen atoms in total. The number of nitrogens with one attached hydrogen (secondary N) is 2. The molecule has 0 fully saturated rings. The molecule has 130 valence electrons. The minimum atomic E-state index is -0.374. The number of aromatic nitrogens is 5. The average molecular weight is 343 g/mol. The summed E-state index contributed by atoms with van der Waals surface area (Å²) in [5, 5.41) is 9.34. The molecule has 2 heterocycles. The fourth-order valence-electron chi connectivity index (χ4n) is 2.44. The number of aryl methyl sites for hydroxylation is 2. The number of imidazole rings is 1. The molecule has 25 heavy (non-hydrogen) atoms. The molecule has 2 amide bonds. The Hall–Kier alpha value is -3.23. The highest BCUT2D eigenvalue weighted by Gasteiger charge is 2.10. The van der Waals surface area contributed by atoms with Gasteiger partial charge in [-0.15, -0.1) is 0 Å². The Balaban J connectivity index is 1.66. The summed E-state index contributed by atoms with van der Waals surface area (Å²) < 4.78 is 17.0. The van der Waals surface area contributed by atoms with Crippen LogP contribution in [0.2, 0.25) is 0 Å². The Bertz CT molecular complexity index is 886. The van der Waals surface area contributed by atoms with E-state index in [9.17, 15) is 9.18 Å². The van der Waals surface area contributed by atoms with Crippen molar-refractivity contribution in [3.63, 3.8) is 0 Å². The molecule has 0 aliphatic carbocycles. The zero-order valence-corrected chi connectivity index (χ0v) is 13.9. The van der Waals surface area contributed by atoms with Gasteiger partial charge in [-0.1, -0.05) is 0 Å². The van der Waals surface area contributed by atoms with Crippen LogP contribution in [0.3, 0.4) is 0 Å². The van der Waals surface area contributed by atoms with E-state index in [1.807, 2.05) is 11.5 Å². The normalized spacial score (nSPS) is 10.7. The van der Waals surface area contributed by atoms with E-state index < -0.39 is 0 Å². The predicted octanol–water partition coefficient (Wildman–Crippen LogP) is 1.45. The van der Waals surface area contributed by atoms with Gasteiger partial charge in [0.2, 0.25) is 0 Å². The zero-order valence-electron chi connectivity index (χ0n) is 13.9. The summed E-state index contributed by atoms with van der Waals surface area (Å²) in [7, 11) is 1.74. The van der Waals surface area contributed by atoms with Gasteiger partial charge in [0.15, 0.2) is 0 Å². The van der Waals surface area contributed by atoms with E-state index in [1.54, 1.807) is 30.2 Å². The largest absolute Gasteiger partial charge is 0.334 e. The number of urea groups is 1. The molecule has 3 rings (SSSR count). The van der Waals surface area contributed by atoms with Gasteiger partial charge in [0.05, 0.1) is 12.2 Å². The number of benzene rings is 1. The third-order valence-corrected chi connectivity index (χ3v) is 3.78. The number of halogens is 1. The highest BCUT2D eigenvalue weighted by molar-refractivity contribution is 5.73. The minimum Gasteiger partial charge on any atom is -0.334 e. The maximum atomic E-state index is 13.6. The molecule has 0 saturated carbocycles. The molecule has 2 N–H and O–H groups in total. The van der Waals surface area contributed by atoms with Crippen LogP contribution in [0.1, 0.15) is 17.2 Å². The van der Waals surface area contributed by atoms with Crippen molar-refractivity contribution < 1.29 is 9.18 Å². The van der Waals surface area contributed by atoms with Crippen LogP contribution in [-0.2, 0) is 20.1 Å². The van der Waals surface area contributed by atoms with E-state index >= 15 is 0 Å². The molecule has 1 aromatic carbocycles. The second-order valence-corrected chi connectivity index (χ2v) is 5.45. The van der Waals surface area contributed by atoms with Crippen LogP contribution in [0.25, 0.3) is 5.69 Å². The number of hydrogen-bond donors (Lipinski definition) is 2.